The van der Waals surface area contributed by atoms with E-state index in [1.54, 1.807) is 0 Å². The highest BCUT2D eigenvalue weighted by Crippen LogP contribution is 2.19. The second-order valence-electron chi connectivity index (χ2n) is 13.5. The Labute approximate surface area is 328 Å². The Morgan fingerprint density at radius 3 is 1.25 bits per heavy atom. The van der Waals surface area contributed by atoms with Crippen molar-refractivity contribution in [3.63, 3.8) is 0 Å². The van der Waals surface area contributed by atoms with E-state index in [-0.39, 0.29) is 44.6 Å². The van der Waals surface area contributed by atoms with Gasteiger partial charge in [-0.2, -0.15) is 0 Å². The summed E-state index contributed by atoms with van der Waals surface area (Å²) in [5, 5.41) is 6.79. The summed E-state index contributed by atoms with van der Waals surface area (Å²) in [7, 11) is 1.34. The standard InChI is InChI=1S/C12H22N2OSi.2C12H21NOSi.6CH4/c1-15-16(2,3)10-4-9-14-12-7-5-11(13)6-8-12;1-14-15(2,3)10-6-8-11-7-4-5-9-12(11)13;1-14-15(2,3)11-7-10-13-12-8-5-4-6-9-12;;;;;;/h5-8,14H,4,9-10,13H2,1-3H3;4-5,7,9H,6,8,10,13H2,1-3H3;4-6,8-9,13H,7,10-11H2,1-3H3;6*1H4. The quantitative estimate of drug-likeness (QED) is 0.0614. The van der Waals surface area contributed by atoms with Crippen molar-refractivity contribution in [2.45, 2.75) is 128 Å². The average molecular weight is 781 g/mol. The molecule has 52 heavy (non-hydrogen) atoms. The van der Waals surface area contributed by atoms with E-state index in [9.17, 15) is 0 Å². The van der Waals surface area contributed by atoms with E-state index in [0.29, 0.717) is 0 Å². The van der Waals surface area contributed by atoms with Crippen LogP contribution in [0, 0.1) is 0 Å². The zero-order valence-corrected chi connectivity index (χ0v) is 33.2. The lowest BCUT2D eigenvalue weighted by molar-refractivity contribution is 0.402. The predicted octanol–water partition coefficient (Wildman–Crippen LogP) is 13.1. The third-order valence-electron chi connectivity index (χ3n) is 8.19. The molecule has 0 aromatic heterocycles. The molecule has 0 radical (unpaired) electrons. The summed E-state index contributed by atoms with van der Waals surface area (Å²) in [5.74, 6) is 0. The van der Waals surface area contributed by atoms with Gasteiger partial charge in [-0.25, -0.2) is 0 Å². The zero-order valence-electron chi connectivity index (χ0n) is 30.2. The summed E-state index contributed by atoms with van der Waals surface area (Å²) in [5.41, 5.74) is 16.8. The Hall–Kier alpha value is -2.61. The van der Waals surface area contributed by atoms with Crippen molar-refractivity contribution in [3.05, 3.63) is 84.4 Å². The molecule has 3 aromatic carbocycles. The number of para-hydroxylation sites is 2. The monoisotopic (exact) mass is 781 g/mol. The van der Waals surface area contributed by atoms with Gasteiger partial charge in [0.25, 0.3) is 0 Å². The first-order chi connectivity index (χ1) is 21.7. The number of aryl methyl sites for hydroxylation is 1. The number of nitrogen functional groups attached to an aromatic ring is 2. The van der Waals surface area contributed by atoms with Gasteiger partial charge in [-0.15, -0.1) is 0 Å². The van der Waals surface area contributed by atoms with Crippen LogP contribution in [0.3, 0.4) is 0 Å². The van der Waals surface area contributed by atoms with Crippen molar-refractivity contribution in [1.82, 2.24) is 0 Å². The van der Waals surface area contributed by atoms with E-state index >= 15 is 0 Å². The van der Waals surface area contributed by atoms with Gasteiger partial charge in [-0.05, 0) is 131 Å². The van der Waals surface area contributed by atoms with E-state index in [1.807, 2.05) is 69.9 Å². The first-order valence-electron chi connectivity index (χ1n) is 16.6. The Kier molecular flexibility index (Phi) is 39.0. The van der Waals surface area contributed by atoms with Gasteiger partial charge in [-0.3, -0.25) is 0 Å². The minimum Gasteiger partial charge on any atom is -0.420 e. The topological polar surface area (TPSA) is 104 Å². The summed E-state index contributed by atoms with van der Waals surface area (Å²) in [6, 6.07) is 29.9. The maximum absolute atomic E-state index is 5.88. The highest BCUT2D eigenvalue weighted by atomic mass is 28.4. The molecule has 306 valence electrons. The molecule has 0 fully saturated rings. The van der Waals surface area contributed by atoms with Gasteiger partial charge in [0.2, 0.25) is 0 Å². The van der Waals surface area contributed by atoms with Crippen molar-refractivity contribution < 1.29 is 13.3 Å². The first kappa shape index (κ1) is 61.4. The number of nitrogens with one attached hydrogen (secondary N) is 2. The molecule has 0 amide bonds. The van der Waals surface area contributed by atoms with Crippen molar-refractivity contribution >= 4 is 47.7 Å². The maximum Gasteiger partial charge on any atom is 0.186 e. The number of anilines is 4. The van der Waals surface area contributed by atoms with E-state index in [4.69, 9.17) is 24.7 Å². The minimum atomic E-state index is -1.39. The van der Waals surface area contributed by atoms with Crippen LogP contribution in [0.15, 0.2) is 78.9 Å². The van der Waals surface area contributed by atoms with Crippen LogP contribution in [-0.4, -0.2) is 59.4 Å². The highest BCUT2D eigenvalue weighted by Gasteiger charge is 2.20. The third-order valence-corrected chi connectivity index (χ3v) is 16.2. The second kappa shape index (κ2) is 33.0. The Morgan fingerprint density at radius 1 is 0.481 bits per heavy atom. The molecule has 0 atom stereocenters. The number of hydrogen-bond donors (Lipinski definition) is 4. The Balaban J connectivity index is -0.000000144. The van der Waals surface area contributed by atoms with Crippen LogP contribution < -0.4 is 22.1 Å². The molecule has 0 aliphatic heterocycles. The van der Waals surface area contributed by atoms with Crippen LogP contribution in [0.4, 0.5) is 22.7 Å². The lowest BCUT2D eigenvalue weighted by Crippen LogP contribution is -2.28. The number of hydrogen-bond acceptors (Lipinski definition) is 7. The van der Waals surface area contributed by atoms with Crippen LogP contribution in [0.2, 0.25) is 57.4 Å². The lowest BCUT2D eigenvalue weighted by atomic mass is 10.1. The molecular formula is C42H88N4O3Si3. The van der Waals surface area contributed by atoms with E-state index in [2.05, 4.69) is 80.2 Å². The van der Waals surface area contributed by atoms with E-state index < -0.39 is 25.0 Å². The van der Waals surface area contributed by atoms with Crippen molar-refractivity contribution in [2.24, 2.45) is 0 Å². The van der Waals surface area contributed by atoms with Crippen LogP contribution in [0.25, 0.3) is 0 Å². The van der Waals surface area contributed by atoms with Crippen LogP contribution in [-0.2, 0) is 19.7 Å². The van der Waals surface area contributed by atoms with Crippen molar-refractivity contribution in [2.75, 3.05) is 56.5 Å². The Morgan fingerprint density at radius 2 is 0.846 bits per heavy atom. The second-order valence-corrected chi connectivity index (χ2v) is 26.8. The molecule has 7 nitrogen and oxygen atoms in total. The van der Waals surface area contributed by atoms with E-state index in [0.717, 1.165) is 43.0 Å². The molecule has 3 rings (SSSR count). The fraction of sp³-hybridized carbons (Fsp3) is 0.571. The van der Waals surface area contributed by atoms with Gasteiger partial charge in [0.1, 0.15) is 0 Å². The van der Waals surface area contributed by atoms with Crippen molar-refractivity contribution in [3.8, 4) is 0 Å². The summed E-state index contributed by atoms with van der Waals surface area (Å²) < 4.78 is 16.5. The average Bonchev–Trinajstić information content (AvgIpc) is 3.04. The minimum absolute atomic E-state index is 0. The largest absolute Gasteiger partial charge is 0.420 e. The maximum atomic E-state index is 5.88. The summed E-state index contributed by atoms with van der Waals surface area (Å²) in [4.78, 5) is 0. The molecule has 0 unspecified atom stereocenters. The summed E-state index contributed by atoms with van der Waals surface area (Å²) >= 11 is 0. The third kappa shape index (κ3) is 29.9. The van der Waals surface area contributed by atoms with Gasteiger partial charge in [0.15, 0.2) is 25.0 Å². The SMILES string of the molecule is C.C.C.C.C.C.CO[Si](C)(C)CCCNc1ccc(N)cc1.CO[Si](C)(C)CCCNc1ccccc1.CO[Si](C)(C)CCCc1ccccc1N. The normalized spacial score (nSPS) is 10.2. The first-order valence-corrected chi connectivity index (χ1v) is 25.9. The molecule has 0 spiro atoms. The zero-order chi connectivity index (χ0) is 34.5. The van der Waals surface area contributed by atoms with Crippen LogP contribution >= 0.6 is 0 Å². The number of benzene rings is 3. The number of rotatable bonds is 17. The van der Waals surface area contributed by atoms with Gasteiger partial charge in [0, 0.05) is 57.2 Å². The van der Waals surface area contributed by atoms with Crippen molar-refractivity contribution in [1.29, 1.82) is 0 Å². The molecule has 0 aliphatic rings. The van der Waals surface area contributed by atoms with E-state index in [1.165, 1.54) is 42.2 Å². The number of nitrogens with two attached hydrogens (primary N) is 2. The molecule has 0 saturated heterocycles. The molecular weight excluding hydrogens is 693 g/mol. The van der Waals surface area contributed by atoms with Crippen LogP contribution in [0.5, 0.6) is 0 Å². The predicted molar refractivity (Wildman–Crippen MR) is 251 cm³/mol. The Bertz CT molecular complexity index is 1200. The van der Waals surface area contributed by atoms with Gasteiger partial charge >= 0.3 is 0 Å². The fourth-order valence-corrected chi connectivity index (χ4v) is 8.12. The fourth-order valence-electron chi connectivity index (χ4n) is 4.42. The van der Waals surface area contributed by atoms with Gasteiger partial charge < -0.3 is 35.4 Å². The van der Waals surface area contributed by atoms with Gasteiger partial charge in [-0.1, -0.05) is 81.0 Å². The molecule has 0 saturated carbocycles. The lowest BCUT2D eigenvalue weighted by Gasteiger charge is -2.19. The molecule has 0 aliphatic carbocycles. The van der Waals surface area contributed by atoms with Crippen LogP contribution in [0.1, 0.15) is 69.4 Å². The molecule has 3 aromatic rings. The van der Waals surface area contributed by atoms with Gasteiger partial charge in [0.05, 0.1) is 0 Å². The molecule has 0 heterocycles. The molecule has 0 bridgehead atoms. The molecule has 10 heteroatoms. The summed E-state index contributed by atoms with van der Waals surface area (Å²) in [6.45, 7) is 15.5. The summed E-state index contributed by atoms with van der Waals surface area (Å²) in [6.07, 6.45) is 4.56. The molecule has 6 N–H and O–H groups in total. The smallest absolute Gasteiger partial charge is 0.186 e. The highest BCUT2D eigenvalue weighted by molar-refractivity contribution is 6.71.